The summed E-state index contributed by atoms with van der Waals surface area (Å²) in [7, 11) is -0.460. The number of urea groups is 1. The van der Waals surface area contributed by atoms with Gasteiger partial charge in [0.1, 0.15) is 0 Å². The summed E-state index contributed by atoms with van der Waals surface area (Å²) in [5, 5.41) is 2.60. The maximum Gasteiger partial charge on any atom is 0.317 e. The lowest BCUT2D eigenvalue weighted by atomic mass is 10.1. The first-order valence-electron chi connectivity index (χ1n) is 10.8. The number of carbonyl (C=O) groups excluding carboxylic acids is 2. The number of hydrogen-bond donors (Lipinski definition) is 3. The van der Waals surface area contributed by atoms with Gasteiger partial charge in [-0.3, -0.25) is 10.2 Å². The average Bonchev–Trinajstić information content (AvgIpc) is 3.41. The molecule has 3 amide bonds. The number of rotatable bonds is 8. The molecule has 2 atom stereocenters. The quantitative estimate of drug-likeness (QED) is 0.466. The van der Waals surface area contributed by atoms with Crippen molar-refractivity contribution in [3.05, 3.63) is 41.1 Å². The molecule has 1 aromatic heterocycles. The number of aromatic nitrogens is 2. The zero-order chi connectivity index (χ0) is 25.0. The Hall–Kier alpha value is -2.70. The van der Waals surface area contributed by atoms with Gasteiger partial charge in [-0.25, -0.2) is 22.6 Å². The highest BCUT2D eigenvalue weighted by atomic mass is 35.5. The van der Waals surface area contributed by atoms with Crippen LogP contribution in [0.1, 0.15) is 36.5 Å². The molecule has 1 fully saturated rings. The molecule has 0 bridgehead atoms. The van der Waals surface area contributed by atoms with Gasteiger partial charge in [0.15, 0.2) is 5.82 Å². The van der Waals surface area contributed by atoms with Crippen LogP contribution >= 0.6 is 11.6 Å². The molecule has 3 N–H and O–H groups in total. The topological polar surface area (TPSA) is 125 Å². The summed E-state index contributed by atoms with van der Waals surface area (Å²) in [5.74, 6) is -2.38. The number of nitrogens with one attached hydrogen (secondary N) is 3. The van der Waals surface area contributed by atoms with E-state index in [0.717, 1.165) is 0 Å². The molecule has 13 heteroatoms. The van der Waals surface area contributed by atoms with Gasteiger partial charge in [0.05, 0.1) is 28.4 Å². The van der Waals surface area contributed by atoms with Crippen molar-refractivity contribution in [1.29, 1.82) is 0 Å². The molecule has 2 aromatic rings. The number of carbonyl (C=O) groups is 2. The summed E-state index contributed by atoms with van der Waals surface area (Å²) in [6, 6.07) is 2.29. The third kappa shape index (κ3) is 6.45. The lowest BCUT2D eigenvalue weighted by Gasteiger charge is -2.19. The smallest absolute Gasteiger partial charge is 0.317 e. The average molecular weight is 515 g/mol. The Morgan fingerprint density at radius 1 is 1.32 bits per heavy atom. The van der Waals surface area contributed by atoms with Crippen LogP contribution in [-0.2, 0) is 17.1 Å². The molecule has 1 heterocycles. The molecule has 186 valence electrons. The largest absolute Gasteiger partial charge is 0.340 e. The number of hydrogen-bond acceptors (Lipinski definition) is 5. The van der Waals surface area contributed by atoms with Gasteiger partial charge < -0.3 is 14.8 Å². The Kier molecular flexibility index (Phi) is 8.16. The molecule has 1 aromatic carbocycles. The SMILES string of the molecule is CCN(C)C(=O)NC1CCC(CS(=O)(=O)NNC(=O)c2cc(-c3cn(C)cn3)cc(Cl)c2F)C1. The Balaban J connectivity index is 1.59. The molecule has 0 aliphatic heterocycles. The summed E-state index contributed by atoms with van der Waals surface area (Å²) >= 11 is 5.94. The van der Waals surface area contributed by atoms with E-state index in [9.17, 15) is 22.4 Å². The molecule has 0 spiro atoms. The van der Waals surface area contributed by atoms with Crippen molar-refractivity contribution in [2.75, 3.05) is 19.3 Å². The minimum atomic E-state index is -3.90. The van der Waals surface area contributed by atoms with Crippen LogP contribution < -0.4 is 15.6 Å². The van der Waals surface area contributed by atoms with E-state index in [2.05, 4.69) is 15.7 Å². The Morgan fingerprint density at radius 2 is 2.06 bits per heavy atom. The Morgan fingerprint density at radius 3 is 2.71 bits per heavy atom. The predicted octanol–water partition coefficient (Wildman–Crippen LogP) is 2.27. The minimum absolute atomic E-state index is 0.109. The van der Waals surface area contributed by atoms with Crippen LogP contribution in [0.25, 0.3) is 11.3 Å². The van der Waals surface area contributed by atoms with E-state index in [1.54, 1.807) is 31.2 Å². The van der Waals surface area contributed by atoms with Gasteiger partial charge in [-0.2, -0.15) is 0 Å². The van der Waals surface area contributed by atoms with E-state index in [-0.39, 0.29) is 28.8 Å². The predicted molar refractivity (Wildman–Crippen MR) is 126 cm³/mol. The van der Waals surface area contributed by atoms with Crippen LogP contribution in [0.5, 0.6) is 0 Å². The van der Waals surface area contributed by atoms with Gasteiger partial charge in [0.25, 0.3) is 5.91 Å². The van der Waals surface area contributed by atoms with Gasteiger partial charge in [-0.05, 0) is 44.2 Å². The van der Waals surface area contributed by atoms with E-state index in [1.165, 1.54) is 17.0 Å². The van der Waals surface area contributed by atoms with Crippen LogP contribution in [0, 0.1) is 11.7 Å². The molecular weight excluding hydrogens is 487 g/mol. The maximum absolute atomic E-state index is 14.5. The lowest BCUT2D eigenvalue weighted by molar-refractivity contribution is 0.0941. The third-order valence-corrected chi connectivity index (χ3v) is 7.34. The van der Waals surface area contributed by atoms with Crippen molar-refractivity contribution in [1.82, 2.24) is 30.0 Å². The van der Waals surface area contributed by atoms with E-state index in [1.807, 2.05) is 11.8 Å². The van der Waals surface area contributed by atoms with Crippen LogP contribution in [-0.4, -0.2) is 60.2 Å². The van der Waals surface area contributed by atoms with E-state index in [4.69, 9.17) is 11.6 Å². The molecular formula is C21H28ClFN6O4S. The first-order chi connectivity index (χ1) is 16.0. The fourth-order valence-electron chi connectivity index (χ4n) is 3.79. The number of amides is 3. The standard InChI is InChI=1S/C21H28ClFN6O4S/c1-4-29(3)21(31)25-15-6-5-13(7-15)11-34(32,33)27-26-20(30)16-8-14(9-17(22)19(16)23)18-10-28(2)12-24-18/h8-10,12-13,15,27H,4-7,11H2,1-3H3,(H,25,31)(H,26,30). The summed E-state index contributed by atoms with van der Waals surface area (Å²) in [5.41, 5.74) is 2.53. The zero-order valence-electron chi connectivity index (χ0n) is 19.1. The van der Waals surface area contributed by atoms with Crippen molar-refractivity contribution in [2.24, 2.45) is 13.0 Å². The molecule has 10 nitrogen and oxygen atoms in total. The van der Waals surface area contributed by atoms with Gasteiger partial charge in [0.2, 0.25) is 10.0 Å². The van der Waals surface area contributed by atoms with E-state index in [0.29, 0.717) is 37.1 Å². The number of benzene rings is 1. The van der Waals surface area contributed by atoms with E-state index < -0.39 is 27.3 Å². The van der Waals surface area contributed by atoms with Gasteiger partial charge in [-0.15, -0.1) is 4.83 Å². The highest BCUT2D eigenvalue weighted by Crippen LogP contribution is 2.28. The first-order valence-corrected chi connectivity index (χ1v) is 12.8. The Bertz CT molecular complexity index is 1170. The number of sulfonamides is 1. The van der Waals surface area contributed by atoms with Crippen molar-refractivity contribution in [3.63, 3.8) is 0 Å². The normalized spacial score (nSPS) is 18.0. The highest BCUT2D eigenvalue weighted by molar-refractivity contribution is 7.89. The highest BCUT2D eigenvalue weighted by Gasteiger charge is 2.30. The molecule has 2 unspecified atom stereocenters. The van der Waals surface area contributed by atoms with Gasteiger partial charge in [-0.1, -0.05) is 11.6 Å². The first kappa shape index (κ1) is 25.9. The summed E-state index contributed by atoms with van der Waals surface area (Å²) in [4.78, 5) is 32.2. The fraction of sp³-hybridized carbons (Fsp3) is 0.476. The second-order valence-electron chi connectivity index (χ2n) is 8.42. The summed E-state index contributed by atoms with van der Waals surface area (Å²) in [6.07, 6.45) is 5.01. The molecule has 3 rings (SSSR count). The number of hydrazine groups is 1. The lowest BCUT2D eigenvalue weighted by Crippen LogP contribution is -2.44. The van der Waals surface area contributed by atoms with Crippen molar-refractivity contribution in [2.45, 2.75) is 32.2 Å². The second-order valence-corrected chi connectivity index (χ2v) is 10.6. The van der Waals surface area contributed by atoms with Crippen molar-refractivity contribution < 1.29 is 22.4 Å². The summed E-state index contributed by atoms with van der Waals surface area (Å²) < 4.78 is 41.2. The minimum Gasteiger partial charge on any atom is -0.340 e. The number of aryl methyl sites for hydroxylation is 1. The van der Waals surface area contributed by atoms with Crippen LogP contribution in [0.4, 0.5) is 9.18 Å². The van der Waals surface area contributed by atoms with Crippen LogP contribution in [0.3, 0.4) is 0 Å². The van der Waals surface area contributed by atoms with Gasteiger partial charge in [0, 0.05) is 38.4 Å². The summed E-state index contributed by atoms with van der Waals surface area (Å²) in [6.45, 7) is 2.43. The number of nitrogens with zero attached hydrogens (tertiary/aromatic N) is 3. The molecule has 1 saturated carbocycles. The third-order valence-electron chi connectivity index (χ3n) is 5.74. The number of halogens is 2. The van der Waals surface area contributed by atoms with E-state index >= 15 is 0 Å². The Labute approximate surface area is 202 Å². The van der Waals surface area contributed by atoms with Crippen molar-refractivity contribution >= 4 is 33.6 Å². The van der Waals surface area contributed by atoms with Crippen LogP contribution in [0.2, 0.25) is 5.02 Å². The van der Waals surface area contributed by atoms with Gasteiger partial charge >= 0.3 is 6.03 Å². The van der Waals surface area contributed by atoms with Crippen molar-refractivity contribution in [3.8, 4) is 11.3 Å². The van der Waals surface area contributed by atoms with Crippen LogP contribution in [0.15, 0.2) is 24.7 Å². The number of imidazole rings is 1. The molecule has 1 aliphatic rings. The molecule has 1 aliphatic carbocycles. The second kappa shape index (κ2) is 10.7. The maximum atomic E-state index is 14.5. The monoisotopic (exact) mass is 514 g/mol. The molecule has 0 saturated heterocycles. The fourth-order valence-corrected chi connectivity index (χ4v) is 5.27. The molecule has 34 heavy (non-hydrogen) atoms. The molecule has 0 radical (unpaired) electrons. The zero-order valence-corrected chi connectivity index (χ0v) is 20.7.